The van der Waals surface area contributed by atoms with Crippen LogP contribution in [-0.2, 0) is 20.7 Å². The Morgan fingerprint density at radius 2 is 1.82 bits per heavy atom. The number of hydrogen-bond acceptors (Lipinski definition) is 5. The second-order valence-electron chi connectivity index (χ2n) is 7.95. The zero-order valence-corrected chi connectivity index (χ0v) is 17.7. The molecular weight excluding hydrogens is 358 g/mol. The van der Waals surface area contributed by atoms with Gasteiger partial charge in [0.2, 0.25) is 0 Å². The van der Waals surface area contributed by atoms with Crippen LogP contribution in [0.25, 0.3) is 0 Å². The number of rotatable bonds is 8. The lowest BCUT2D eigenvalue weighted by molar-refractivity contribution is -0.139. The largest absolute Gasteiger partial charge is 0.469 e. The highest BCUT2D eigenvalue weighted by molar-refractivity contribution is 5.71. The van der Waals surface area contributed by atoms with Crippen molar-refractivity contribution in [3.8, 4) is 0 Å². The molecule has 1 rings (SSSR count). The van der Waals surface area contributed by atoms with Gasteiger partial charge in [0.1, 0.15) is 5.60 Å². The van der Waals surface area contributed by atoms with E-state index in [0.717, 1.165) is 11.1 Å². The van der Waals surface area contributed by atoms with Crippen LogP contribution in [-0.4, -0.2) is 42.0 Å². The number of aliphatic hydroxyl groups excluding tert-OH is 1. The zero-order chi connectivity index (χ0) is 21.3. The van der Waals surface area contributed by atoms with Crippen LogP contribution in [0.2, 0.25) is 0 Å². The van der Waals surface area contributed by atoms with E-state index in [9.17, 15) is 14.7 Å². The molecule has 0 aliphatic heterocycles. The van der Waals surface area contributed by atoms with Crippen LogP contribution in [0.4, 0.5) is 4.79 Å². The smallest absolute Gasteiger partial charge is 0.407 e. The van der Waals surface area contributed by atoms with Crippen molar-refractivity contribution in [1.29, 1.82) is 0 Å². The molecule has 0 aliphatic rings. The lowest BCUT2D eigenvalue weighted by Gasteiger charge is -2.30. The number of alkyl carbamates (subject to hydrolysis) is 1. The van der Waals surface area contributed by atoms with Gasteiger partial charge in [0.05, 0.1) is 25.7 Å². The van der Waals surface area contributed by atoms with Crippen LogP contribution in [0.5, 0.6) is 0 Å². The molecule has 0 unspecified atom stereocenters. The fourth-order valence-corrected chi connectivity index (χ4v) is 2.72. The highest BCUT2D eigenvalue weighted by atomic mass is 16.6. The normalized spacial score (nSPS) is 15.3. The molecule has 6 heteroatoms. The van der Waals surface area contributed by atoms with Gasteiger partial charge >= 0.3 is 12.1 Å². The van der Waals surface area contributed by atoms with Gasteiger partial charge in [-0.25, -0.2) is 4.79 Å². The number of methoxy groups -OCH3 is 1. The number of carbonyl (C=O) groups excluding carboxylic acids is 2. The summed E-state index contributed by atoms with van der Waals surface area (Å²) in [6.07, 6.45) is 0.905. The van der Waals surface area contributed by atoms with E-state index < -0.39 is 23.8 Å². The summed E-state index contributed by atoms with van der Waals surface area (Å²) in [5.74, 6) is -0.609. The molecule has 0 saturated heterocycles. The predicted molar refractivity (Wildman–Crippen MR) is 109 cm³/mol. The van der Waals surface area contributed by atoms with E-state index in [1.54, 1.807) is 26.8 Å². The standard InChI is InChI=1S/C22H33NO5/c1-15(12-13-19(24)27-6)16(2)20(25)18(14-17-10-8-7-9-11-17)23-21(26)28-22(3,4)5/h7-12,16,18,20,25H,13-14H2,1-6H3,(H,23,26)/b15-12+/t16-,18+,20-/m1/s1. The quantitative estimate of drug-likeness (QED) is 0.522. The molecule has 0 bridgehead atoms. The molecule has 2 N–H and O–H groups in total. The van der Waals surface area contributed by atoms with Crippen LogP contribution in [0, 0.1) is 5.92 Å². The minimum Gasteiger partial charge on any atom is -0.469 e. The van der Waals surface area contributed by atoms with Gasteiger partial charge in [-0.3, -0.25) is 4.79 Å². The van der Waals surface area contributed by atoms with Crippen LogP contribution in [0.1, 0.15) is 46.6 Å². The third kappa shape index (κ3) is 8.57. The maximum atomic E-state index is 12.3. The maximum Gasteiger partial charge on any atom is 0.407 e. The number of esters is 1. The molecule has 0 fully saturated rings. The van der Waals surface area contributed by atoms with Crippen molar-refractivity contribution in [2.24, 2.45) is 5.92 Å². The van der Waals surface area contributed by atoms with Crippen molar-refractivity contribution < 1.29 is 24.2 Å². The Labute approximate surface area is 167 Å². The van der Waals surface area contributed by atoms with E-state index in [4.69, 9.17) is 4.74 Å². The number of ether oxygens (including phenoxy) is 2. The summed E-state index contributed by atoms with van der Waals surface area (Å²) < 4.78 is 10.00. The maximum absolute atomic E-state index is 12.3. The highest BCUT2D eigenvalue weighted by Gasteiger charge is 2.29. The van der Waals surface area contributed by atoms with Crippen molar-refractivity contribution >= 4 is 12.1 Å². The molecule has 1 aromatic carbocycles. The number of nitrogens with one attached hydrogen (secondary N) is 1. The molecule has 28 heavy (non-hydrogen) atoms. The molecule has 0 saturated carbocycles. The molecule has 3 atom stereocenters. The van der Waals surface area contributed by atoms with Crippen LogP contribution in [0.3, 0.4) is 0 Å². The number of hydrogen-bond donors (Lipinski definition) is 2. The van der Waals surface area contributed by atoms with E-state index in [2.05, 4.69) is 10.1 Å². The lowest BCUT2D eigenvalue weighted by atomic mass is 9.88. The van der Waals surface area contributed by atoms with Crippen molar-refractivity contribution in [3.05, 3.63) is 47.5 Å². The Hall–Kier alpha value is -2.34. The van der Waals surface area contributed by atoms with Crippen molar-refractivity contribution in [2.75, 3.05) is 7.11 Å². The molecule has 0 spiro atoms. The van der Waals surface area contributed by atoms with Gasteiger partial charge in [-0.05, 0) is 39.7 Å². The Kier molecular flexibility index (Phi) is 9.19. The molecule has 0 aromatic heterocycles. The fourth-order valence-electron chi connectivity index (χ4n) is 2.72. The molecule has 0 aliphatic carbocycles. The van der Waals surface area contributed by atoms with Crippen molar-refractivity contribution in [1.82, 2.24) is 5.32 Å². The number of aliphatic hydroxyl groups is 1. The molecule has 1 amide bonds. The third-order valence-electron chi connectivity index (χ3n) is 4.46. The van der Waals surface area contributed by atoms with E-state index in [0.29, 0.717) is 6.42 Å². The van der Waals surface area contributed by atoms with Crippen LogP contribution in [0.15, 0.2) is 42.0 Å². The number of amides is 1. The van der Waals surface area contributed by atoms with Gasteiger partial charge in [-0.15, -0.1) is 0 Å². The van der Waals surface area contributed by atoms with Gasteiger partial charge in [-0.1, -0.05) is 48.9 Å². The molecule has 156 valence electrons. The molecule has 0 heterocycles. The minimum atomic E-state index is -0.860. The first-order valence-corrected chi connectivity index (χ1v) is 9.48. The summed E-state index contributed by atoms with van der Waals surface area (Å²) in [5, 5.41) is 13.8. The topological polar surface area (TPSA) is 84.9 Å². The summed E-state index contributed by atoms with van der Waals surface area (Å²) in [6.45, 7) is 9.08. The van der Waals surface area contributed by atoms with Gasteiger partial charge in [0.15, 0.2) is 0 Å². The van der Waals surface area contributed by atoms with Gasteiger partial charge in [0, 0.05) is 5.92 Å². The minimum absolute atomic E-state index is 0.141. The monoisotopic (exact) mass is 391 g/mol. The van der Waals surface area contributed by atoms with E-state index in [1.807, 2.05) is 44.2 Å². The van der Waals surface area contributed by atoms with Crippen molar-refractivity contribution in [3.63, 3.8) is 0 Å². The summed E-state index contributed by atoms with van der Waals surface area (Å²) >= 11 is 0. The first-order valence-electron chi connectivity index (χ1n) is 9.48. The van der Waals surface area contributed by atoms with Crippen molar-refractivity contribution in [2.45, 2.75) is 65.2 Å². The fraction of sp³-hybridized carbons (Fsp3) is 0.545. The van der Waals surface area contributed by atoms with Crippen LogP contribution >= 0.6 is 0 Å². The van der Waals surface area contributed by atoms with E-state index in [1.165, 1.54) is 7.11 Å². The predicted octanol–water partition coefficient (Wildman–Crippen LogP) is 3.63. The highest BCUT2D eigenvalue weighted by Crippen LogP contribution is 2.21. The second-order valence-corrected chi connectivity index (χ2v) is 7.95. The molecule has 6 nitrogen and oxygen atoms in total. The average Bonchev–Trinajstić information content (AvgIpc) is 2.63. The van der Waals surface area contributed by atoms with E-state index >= 15 is 0 Å². The molecular formula is C22H33NO5. The lowest BCUT2D eigenvalue weighted by Crippen LogP contribution is -2.49. The zero-order valence-electron chi connectivity index (χ0n) is 17.7. The Balaban J connectivity index is 2.94. The SMILES string of the molecule is COC(=O)C/C=C(\C)[C@@H](C)[C@@H](O)[C@H](Cc1ccccc1)NC(=O)OC(C)(C)C. The third-order valence-corrected chi connectivity index (χ3v) is 4.46. The molecule has 1 aromatic rings. The average molecular weight is 392 g/mol. The number of benzene rings is 1. The first kappa shape index (κ1) is 23.7. The van der Waals surface area contributed by atoms with Gasteiger partial charge in [-0.2, -0.15) is 0 Å². The summed E-state index contributed by atoms with van der Waals surface area (Å²) in [5.41, 5.74) is 1.21. The second kappa shape index (κ2) is 10.9. The number of carbonyl (C=O) groups is 2. The summed E-state index contributed by atoms with van der Waals surface area (Å²) in [7, 11) is 1.34. The van der Waals surface area contributed by atoms with Gasteiger partial charge < -0.3 is 19.9 Å². The summed E-state index contributed by atoms with van der Waals surface area (Å²) in [4.78, 5) is 23.6. The first-order chi connectivity index (χ1) is 13.0. The molecule has 0 radical (unpaired) electrons. The van der Waals surface area contributed by atoms with Gasteiger partial charge in [0.25, 0.3) is 0 Å². The summed E-state index contributed by atoms with van der Waals surface area (Å²) in [6, 6.07) is 9.09. The van der Waals surface area contributed by atoms with E-state index in [-0.39, 0.29) is 18.3 Å². The Morgan fingerprint density at radius 3 is 2.36 bits per heavy atom. The Morgan fingerprint density at radius 1 is 1.21 bits per heavy atom. The Bertz CT molecular complexity index is 663. The van der Waals surface area contributed by atoms with Crippen LogP contribution < -0.4 is 5.32 Å².